The van der Waals surface area contributed by atoms with Gasteiger partial charge in [0.25, 0.3) is 5.91 Å². The molecule has 128 valence electrons. The molecule has 0 aliphatic carbocycles. The van der Waals surface area contributed by atoms with Gasteiger partial charge in [0.2, 0.25) is 5.91 Å². The first-order valence-corrected chi connectivity index (χ1v) is 7.78. The van der Waals surface area contributed by atoms with Crippen LogP contribution >= 0.6 is 0 Å². The van der Waals surface area contributed by atoms with E-state index >= 15 is 0 Å². The minimum Gasteiger partial charge on any atom is -0.346 e. The average molecular weight is 329 g/mol. The highest BCUT2D eigenvalue weighted by Gasteiger charge is 2.19. The van der Waals surface area contributed by atoms with Crippen molar-refractivity contribution in [2.24, 2.45) is 5.73 Å². The fourth-order valence-corrected chi connectivity index (χ4v) is 2.04. The Morgan fingerprint density at radius 3 is 2.79 bits per heavy atom. The molecule has 0 spiro atoms. The predicted octanol–water partition coefficient (Wildman–Crippen LogP) is 1.38. The number of hydrogen-bond donors (Lipinski definition) is 3. The van der Waals surface area contributed by atoms with Crippen LogP contribution in [0.25, 0.3) is 0 Å². The van der Waals surface area contributed by atoms with E-state index in [0.29, 0.717) is 30.8 Å². The molecule has 0 aliphatic heterocycles. The maximum absolute atomic E-state index is 12.2. The molecule has 1 aromatic carbocycles. The largest absolute Gasteiger partial charge is 0.346 e. The summed E-state index contributed by atoms with van der Waals surface area (Å²) < 4.78 is 1.83. The molecule has 7 heteroatoms. The summed E-state index contributed by atoms with van der Waals surface area (Å²) in [4.78, 5) is 28.2. The number of imidazole rings is 1. The van der Waals surface area contributed by atoms with Gasteiger partial charge < -0.3 is 20.9 Å². The highest BCUT2D eigenvalue weighted by atomic mass is 16.2. The van der Waals surface area contributed by atoms with Crippen molar-refractivity contribution in [2.45, 2.75) is 32.4 Å². The first kappa shape index (κ1) is 17.7. The van der Waals surface area contributed by atoms with Gasteiger partial charge in [0.05, 0.1) is 6.33 Å². The Labute approximate surface area is 141 Å². The summed E-state index contributed by atoms with van der Waals surface area (Å²) in [6.45, 7) is 4.60. The Kier molecular flexibility index (Phi) is 5.70. The quantitative estimate of drug-likeness (QED) is 0.714. The number of aryl methyl sites for hydroxylation is 1. The topological polar surface area (TPSA) is 102 Å². The van der Waals surface area contributed by atoms with Crippen LogP contribution < -0.4 is 16.4 Å². The molecule has 0 fully saturated rings. The minimum atomic E-state index is -0.485. The number of nitrogens with one attached hydrogen (secondary N) is 2. The smallest absolute Gasteiger partial charge is 0.251 e. The maximum Gasteiger partial charge on any atom is 0.251 e. The van der Waals surface area contributed by atoms with Crippen molar-refractivity contribution >= 4 is 17.5 Å². The van der Waals surface area contributed by atoms with Crippen molar-refractivity contribution in [3.05, 3.63) is 48.5 Å². The molecule has 2 amide bonds. The SMILES string of the molecule is CC(C)(CN)NC(=O)c1cccc(NC(=O)CCn2ccnc2)c1. The van der Waals surface area contributed by atoms with Gasteiger partial charge in [-0.1, -0.05) is 6.07 Å². The summed E-state index contributed by atoms with van der Waals surface area (Å²) in [6, 6.07) is 6.83. The van der Waals surface area contributed by atoms with Crippen LogP contribution in [0.15, 0.2) is 43.0 Å². The Hall–Kier alpha value is -2.67. The summed E-state index contributed by atoms with van der Waals surface area (Å²) in [6.07, 6.45) is 5.46. The van der Waals surface area contributed by atoms with E-state index in [2.05, 4.69) is 15.6 Å². The van der Waals surface area contributed by atoms with Gasteiger partial charge in [-0.2, -0.15) is 0 Å². The Morgan fingerprint density at radius 1 is 1.33 bits per heavy atom. The number of aromatic nitrogens is 2. The van der Waals surface area contributed by atoms with E-state index in [1.54, 1.807) is 43.0 Å². The van der Waals surface area contributed by atoms with Crippen LogP contribution in [0.4, 0.5) is 5.69 Å². The summed E-state index contributed by atoms with van der Waals surface area (Å²) in [7, 11) is 0. The first-order chi connectivity index (χ1) is 11.4. The molecule has 0 radical (unpaired) electrons. The van der Waals surface area contributed by atoms with Crippen molar-refractivity contribution in [3.8, 4) is 0 Å². The summed E-state index contributed by atoms with van der Waals surface area (Å²) >= 11 is 0. The molecule has 4 N–H and O–H groups in total. The number of amides is 2. The third-order valence-corrected chi connectivity index (χ3v) is 3.53. The number of carbonyl (C=O) groups is 2. The fourth-order valence-electron chi connectivity index (χ4n) is 2.04. The van der Waals surface area contributed by atoms with E-state index in [0.717, 1.165) is 0 Å². The minimum absolute atomic E-state index is 0.122. The second kappa shape index (κ2) is 7.74. The maximum atomic E-state index is 12.2. The molecule has 0 saturated heterocycles. The number of hydrogen-bond acceptors (Lipinski definition) is 4. The van der Waals surface area contributed by atoms with E-state index in [1.165, 1.54) is 0 Å². The van der Waals surface area contributed by atoms with Crippen LogP contribution in [-0.2, 0) is 11.3 Å². The standard InChI is InChI=1S/C17H23N5O2/c1-17(2,11-18)21-16(24)13-4-3-5-14(10-13)20-15(23)6-8-22-9-7-19-12-22/h3-5,7,9-10,12H,6,8,11,18H2,1-2H3,(H,20,23)(H,21,24). The molecular weight excluding hydrogens is 306 g/mol. The highest BCUT2D eigenvalue weighted by Crippen LogP contribution is 2.12. The van der Waals surface area contributed by atoms with Gasteiger partial charge >= 0.3 is 0 Å². The molecule has 0 unspecified atom stereocenters. The molecule has 24 heavy (non-hydrogen) atoms. The molecule has 0 saturated carbocycles. The zero-order valence-corrected chi connectivity index (χ0v) is 14.0. The second-order valence-electron chi connectivity index (χ2n) is 6.22. The molecule has 7 nitrogen and oxygen atoms in total. The number of benzene rings is 1. The van der Waals surface area contributed by atoms with Crippen molar-refractivity contribution in [2.75, 3.05) is 11.9 Å². The first-order valence-electron chi connectivity index (χ1n) is 7.78. The normalized spacial score (nSPS) is 11.1. The van der Waals surface area contributed by atoms with Crippen LogP contribution in [0.3, 0.4) is 0 Å². The monoisotopic (exact) mass is 329 g/mol. The van der Waals surface area contributed by atoms with Gasteiger partial charge in [-0.15, -0.1) is 0 Å². The lowest BCUT2D eigenvalue weighted by Gasteiger charge is -2.24. The van der Waals surface area contributed by atoms with Gasteiger partial charge in [-0.3, -0.25) is 9.59 Å². The molecule has 2 aromatic rings. The van der Waals surface area contributed by atoms with Crippen molar-refractivity contribution in [1.29, 1.82) is 0 Å². The lowest BCUT2D eigenvalue weighted by atomic mass is 10.1. The number of anilines is 1. The lowest BCUT2D eigenvalue weighted by Crippen LogP contribution is -2.48. The summed E-state index contributed by atoms with van der Waals surface area (Å²) in [5, 5.41) is 5.66. The molecule has 0 aliphatic rings. The third kappa shape index (κ3) is 5.20. The summed E-state index contributed by atoms with van der Waals surface area (Å²) in [5.74, 6) is -0.344. The van der Waals surface area contributed by atoms with Gasteiger partial charge in [-0.05, 0) is 32.0 Å². The van der Waals surface area contributed by atoms with Crippen LogP contribution in [0.5, 0.6) is 0 Å². The van der Waals surface area contributed by atoms with E-state index in [9.17, 15) is 9.59 Å². The second-order valence-corrected chi connectivity index (χ2v) is 6.22. The van der Waals surface area contributed by atoms with E-state index in [1.807, 2.05) is 18.4 Å². The Balaban J connectivity index is 1.94. The van der Waals surface area contributed by atoms with Crippen LogP contribution in [0.2, 0.25) is 0 Å². The molecular formula is C17H23N5O2. The van der Waals surface area contributed by atoms with E-state index in [4.69, 9.17) is 5.73 Å². The average Bonchev–Trinajstić information content (AvgIpc) is 3.06. The molecule has 1 heterocycles. The van der Waals surface area contributed by atoms with Gasteiger partial charge in [0.15, 0.2) is 0 Å². The van der Waals surface area contributed by atoms with Crippen LogP contribution in [-0.4, -0.2) is 33.4 Å². The fraction of sp³-hybridized carbons (Fsp3) is 0.353. The van der Waals surface area contributed by atoms with Crippen molar-refractivity contribution in [3.63, 3.8) is 0 Å². The van der Waals surface area contributed by atoms with Crippen LogP contribution in [0, 0.1) is 0 Å². The van der Waals surface area contributed by atoms with Gasteiger partial charge in [0, 0.05) is 48.7 Å². The molecule has 1 aromatic heterocycles. The highest BCUT2D eigenvalue weighted by molar-refractivity contribution is 5.97. The lowest BCUT2D eigenvalue weighted by molar-refractivity contribution is -0.116. The van der Waals surface area contributed by atoms with E-state index in [-0.39, 0.29) is 11.8 Å². The summed E-state index contributed by atoms with van der Waals surface area (Å²) in [5.41, 5.74) is 6.20. The Bertz CT molecular complexity index is 695. The molecule has 0 bridgehead atoms. The van der Waals surface area contributed by atoms with Gasteiger partial charge in [0.1, 0.15) is 0 Å². The number of carbonyl (C=O) groups excluding carboxylic acids is 2. The number of nitrogens with two attached hydrogens (primary N) is 1. The zero-order chi connectivity index (χ0) is 17.6. The Morgan fingerprint density at radius 2 is 2.12 bits per heavy atom. The zero-order valence-electron chi connectivity index (χ0n) is 14.0. The van der Waals surface area contributed by atoms with Crippen LogP contribution in [0.1, 0.15) is 30.6 Å². The third-order valence-electron chi connectivity index (χ3n) is 3.53. The van der Waals surface area contributed by atoms with Crippen molar-refractivity contribution < 1.29 is 9.59 Å². The van der Waals surface area contributed by atoms with E-state index < -0.39 is 5.54 Å². The predicted molar refractivity (Wildman–Crippen MR) is 92.5 cm³/mol. The molecule has 0 atom stereocenters. The molecule has 2 rings (SSSR count). The van der Waals surface area contributed by atoms with Gasteiger partial charge in [-0.25, -0.2) is 4.98 Å². The number of nitrogens with zero attached hydrogens (tertiary/aromatic N) is 2. The number of rotatable bonds is 7. The van der Waals surface area contributed by atoms with Crippen molar-refractivity contribution in [1.82, 2.24) is 14.9 Å².